The minimum absolute atomic E-state index is 0.0431. The number of hydrogen-bond donors (Lipinski definition) is 1. The molecule has 0 amide bonds. The summed E-state index contributed by atoms with van der Waals surface area (Å²) in [5, 5.41) is 0. The van der Waals surface area contributed by atoms with Crippen LogP contribution < -0.4 is 15.2 Å². The van der Waals surface area contributed by atoms with E-state index < -0.39 is 0 Å². The first kappa shape index (κ1) is 12.3. The van der Waals surface area contributed by atoms with Crippen molar-refractivity contribution in [3.8, 4) is 11.5 Å². The van der Waals surface area contributed by atoms with E-state index in [1.54, 1.807) is 0 Å². The van der Waals surface area contributed by atoms with Crippen molar-refractivity contribution in [1.82, 2.24) is 0 Å². The van der Waals surface area contributed by atoms with Gasteiger partial charge in [-0.3, -0.25) is 0 Å². The highest BCUT2D eigenvalue weighted by molar-refractivity contribution is 9.10. The molecule has 0 bridgehead atoms. The smallest absolute Gasteiger partial charge is 0.175 e. The van der Waals surface area contributed by atoms with Crippen molar-refractivity contribution in [1.29, 1.82) is 0 Å². The van der Waals surface area contributed by atoms with Gasteiger partial charge in [-0.25, -0.2) is 0 Å². The lowest BCUT2D eigenvalue weighted by molar-refractivity contribution is 0.105. The van der Waals surface area contributed by atoms with Gasteiger partial charge >= 0.3 is 0 Å². The molecule has 1 aromatic rings. The van der Waals surface area contributed by atoms with Gasteiger partial charge in [0.05, 0.1) is 23.8 Å². The van der Waals surface area contributed by atoms with Gasteiger partial charge in [0.1, 0.15) is 0 Å². The van der Waals surface area contributed by atoms with Crippen molar-refractivity contribution in [2.24, 2.45) is 5.73 Å². The minimum Gasteiger partial charge on any atom is -0.490 e. The van der Waals surface area contributed by atoms with E-state index in [2.05, 4.69) is 15.9 Å². The molecule has 18 heavy (non-hydrogen) atoms. The summed E-state index contributed by atoms with van der Waals surface area (Å²) in [7, 11) is 0. The van der Waals surface area contributed by atoms with E-state index in [9.17, 15) is 0 Å². The third kappa shape index (κ3) is 2.22. The van der Waals surface area contributed by atoms with Crippen LogP contribution in [0.25, 0.3) is 0 Å². The van der Waals surface area contributed by atoms with Crippen molar-refractivity contribution in [2.45, 2.75) is 25.0 Å². The van der Waals surface area contributed by atoms with E-state index in [0.29, 0.717) is 13.2 Å². The summed E-state index contributed by atoms with van der Waals surface area (Å²) in [5.41, 5.74) is 7.11. The monoisotopic (exact) mass is 313 g/mol. The first-order valence-electron chi connectivity index (χ1n) is 6.22. The molecule has 98 valence electrons. The zero-order valence-corrected chi connectivity index (χ0v) is 11.6. The fourth-order valence-corrected chi connectivity index (χ4v) is 2.94. The third-order valence-corrected chi connectivity index (χ3v) is 3.88. The van der Waals surface area contributed by atoms with Crippen molar-refractivity contribution in [3.05, 3.63) is 22.2 Å². The standard InChI is InChI=1S/C13H16BrNO3/c14-9-6-8(12-10(15)2-5-18-12)7-11-13(9)17-4-1-3-16-11/h6-7,10,12H,1-5,15H2. The van der Waals surface area contributed by atoms with Crippen molar-refractivity contribution < 1.29 is 14.2 Å². The predicted molar refractivity (Wildman–Crippen MR) is 71.0 cm³/mol. The van der Waals surface area contributed by atoms with Gasteiger partial charge in [-0.2, -0.15) is 0 Å². The largest absolute Gasteiger partial charge is 0.490 e. The molecule has 2 aliphatic rings. The number of ether oxygens (including phenoxy) is 3. The molecule has 1 fully saturated rings. The van der Waals surface area contributed by atoms with Gasteiger partial charge in [0, 0.05) is 19.1 Å². The molecule has 2 unspecified atom stereocenters. The second-order valence-electron chi connectivity index (χ2n) is 4.62. The molecule has 3 rings (SSSR count). The molecular weight excluding hydrogens is 298 g/mol. The highest BCUT2D eigenvalue weighted by atomic mass is 79.9. The highest BCUT2D eigenvalue weighted by Gasteiger charge is 2.28. The van der Waals surface area contributed by atoms with Crippen LogP contribution in [0, 0.1) is 0 Å². The molecule has 0 spiro atoms. The fourth-order valence-electron chi connectivity index (χ4n) is 2.36. The lowest BCUT2D eigenvalue weighted by Crippen LogP contribution is -2.23. The Balaban J connectivity index is 1.97. The molecule has 0 radical (unpaired) electrons. The summed E-state index contributed by atoms with van der Waals surface area (Å²) >= 11 is 3.53. The van der Waals surface area contributed by atoms with Crippen LogP contribution >= 0.6 is 15.9 Å². The maximum absolute atomic E-state index is 6.06. The number of hydrogen-bond acceptors (Lipinski definition) is 4. The Morgan fingerprint density at radius 3 is 2.78 bits per heavy atom. The van der Waals surface area contributed by atoms with Crippen LogP contribution in [-0.2, 0) is 4.74 Å². The summed E-state index contributed by atoms with van der Waals surface area (Å²) < 4.78 is 18.0. The van der Waals surface area contributed by atoms with Crippen LogP contribution in [0.5, 0.6) is 11.5 Å². The molecule has 4 nitrogen and oxygen atoms in total. The normalized spacial score (nSPS) is 27.0. The van der Waals surface area contributed by atoms with Crippen LogP contribution in [0.1, 0.15) is 24.5 Å². The molecule has 0 saturated carbocycles. The van der Waals surface area contributed by atoms with Gasteiger partial charge < -0.3 is 19.9 Å². The zero-order chi connectivity index (χ0) is 12.5. The molecule has 2 aliphatic heterocycles. The quantitative estimate of drug-likeness (QED) is 0.865. The number of nitrogens with two attached hydrogens (primary N) is 1. The number of fused-ring (bicyclic) bond motifs is 1. The Labute approximate surface area is 115 Å². The van der Waals surface area contributed by atoms with Crippen LogP contribution in [0.3, 0.4) is 0 Å². The van der Waals surface area contributed by atoms with E-state index in [-0.39, 0.29) is 12.1 Å². The molecule has 0 aromatic heterocycles. The Morgan fingerprint density at radius 1 is 1.17 bits per heavy atom. The SMILES string of the molecule is NC1CCOC1c1cc(Br)c2c(c1)OCCCO2. The fraction of sp³-hybridized carbons (Fsp3) is 0.538. The molecule has 1 saturated heterocycles. The summed E-state index contributed by atoms with van der Waals surface area (Å²) in [6, 6.07) is 4.06. The molecular formula is C13H16BrNO3. The Hall–Kier alpha value is -0.780. The second-order valence-corrected chi connectivity index (χ2v) is 5.48. The van der Waals surface area contributed by atoms with Crippen molar-refractivity contribution in [3.63, 3.8) is 0 Å². The summed E-state index contributed by atoms with van der Waals surface area (Å²) in [4.78, 5) is 0. The first-order valence-corrected chi connectivity index (χ1v) is 7.01. The maximum Gasteiger partial charge on any atom is 0.175 e. The summed E-state index contributed by atoms with van der Waals surface area (Å²) in [5.74, 6) is 1.56. The number of benzene rings is 1. The molecule has 2 atom stereocenters. The number of rotatable bonds is 1. The second kappa shape index (κ2) is 5.07. The average Bonchev–Trinajstić information content (AvgIpc) is 2.63. The maximum atomic E-state index is 6.06. The summed E-state index contributed by atoms with van der Waals surface area (Å²) in [6.07, 6.45) is 1.76. The zero-order valence-electron chi connectivity index (χ0n) is 10.0. The Bertz CT molecular complexity index is 452. The predicted octanol–water partition coefficient (Wildman–Crippen LogP) is 2.40. The van der Waals surface area contributed by atoms with Gasteiger partial charge in [-0.1, -0.05) is 0 Å². The third-order valence-electron chi connectivity index (χ3n) is 3.29. The molecule has 2 heterocycles. The van der Waals surface area contributed by atoms with Crippen LogP contribution in [0.2, 0.25) is 0 Å². The molecule has 0 aliphatic carbocycles. The molecule has 1 aromatic carbocycles. The van der Waals surface area contributed by atoms with Crippen molar-refractivity contribution in [2.75, 3.05) is 19.8 Å². The van der Waals surface area contributed by atoms with Gasteiger partial charge in [-0.05, 0) is 40.0 Å². The van der Waals surface area contributed by atoms with Gasteiger partial charge in [-0.15, -0.1) is 0 Å². The van der Waals surface area contributed by atoms with E-state index >= 15 is 0 Å². The number of halogens is 1. The molecule has 2 N–H and O–H groups in total. The lowest BCUT2D eigenvalue weighted by Gasteiger charge is -2.18. The van der Waals surface area contributed by atoms with E-state index in [0.717, 1.165) is 41.0 Å². The topological polar surface area (TPSA) is 53.7 Å². The summed E-state index contributed by atoms with van der Waals surface area (Å²) in [6.45, 7) is 2.09. The van der Waals surface area contributed by atoms with Crippen LogP contribution in [0.15, 0.2) is 16.6 Å². The highest BCUT2D eigenvalue weighted by Crippen LogP contribution is 2.41. The average molecular weight is 314 g/mol. The van der Waals surface area contributed by atoms with Crippen LogP contribution in [0.4, 0.5) is 0 Å². The van der Waals surface area contributed by atoms with Crippen LogP contribution in [-0.4, -0.2) is 25.9 Å². The Morgan fingerprint density at radius 2 is 2.00 bits per heavy atom. The van der Waals surface area contributed by atoms with Gasteiger partial charge in [0.25, 0.3) is 0 Å². The van der Waals surface area contributed by atoms with E-state index in [4.69, 9.17) is 19.9 Å². The Kier molecular flexibility index (Phi) is 3.46. The van der Waals surface area contributed by atoms with Gasteiger partial charge in [0.15, 0.2) is 11.5 Å². The first-order chi connectivity index (χ1) is 8.75. The molecule has 5 heteroatoms. The van der Waals surface area contributed by atoms with E-state index in [1.165, 1.54) is 0 Å². The lowest BCUT2D eigenvalue weighted by atomic mass is 10.0. The van der Waals surface area contributed by atoms with Gasteiger partial charge in [0.2, 0.25) is 0 Å². The van der Waals surface area contributed by atoms with Crippen molar-refractivity contribution >= 4 is 15.9 Å². The van der Waals surface area contributed by atoms with E-state index in [1.807, 2.05) is 12.1 Å². The minimum atomic E-state index is -0.0431.